The normalized spacial score (nSPS) is 16.6. The monoisotopic (exact) mass is 835 g/mol. The molecular formula is C39H49N9O12. The molecule has 7 atom stereocenters. The number of nitrogens with zero attached hydrogens (tertiary/aromatic N) is 1. The zero-order valence-electron chi connectivity index (χ0n) is 32.6. The van der Waals surface area contributed by atoms with Gasteiger partial charge in [0.15, 0.2) is 0 Å². The SMILES string of the molecule is C[C@@H](O)[C@H](NC(=O)CNC(=O)[C@H](Cc1c[nH]c2ccccc12)NC(=O)[C@H](CC(=O)O)NC(=O)[C@@H]1CCCN1C(=O)[C@@H](N)CC(N)=O)C(=O)N[C@@H](Cc1ccccc1)C(=O)O. The molecule has 3 aromatic rings. The number of benzene rings is 2. The van der Waals surface area contributed by atoms with Gasteiger partial charge in [0.05, 0.1) is 31.5 Å². The van der Waals surface area contributed by atoms with Crippen molar-refractivity contribution in [2.24, 2.45) is 11.5 Å². The van der Waals surface area contributed by atoms with Gasteiger partial charge in [0.1, 0.15) is 30.2 Å². The first kappa shape index (κ1) is 45.8. The minimum atomic E-state index is -1.75. The number of hydrogen-bond donors (Lipinski definition) is 11. The fourth-order valence-corrected chi connectivity index (χ4v) is 6.71. The Kier molecular flexibility index (Phi) is 16.2. The second kappa shape index (κ2) is 21.2. The van der Waals surface area contributed by atoms with Crippen LogP contribution in [0, 0.1) is 0 Å². The molecule has 1 fully saturated rings. The van der Waals surface area contributed by atoms with Crippen LogP contribution in [0.1, 0.15) is 43.7 Å². The first-order valence-corrected chi connectivity index (χ1v) is 19.0. The van der Waals surface area contributed by atoms with Crippen LogP contribution in [0.4, 0.5) is 0 Å². The van der Waals surface area contributed by atoms with Crippen molar-refractivity contribution < 1.29 is 58.5 Å². The van der Waals surface area contributed by atoms with E-state index in [4.69, 9.17) is 11.5 Å². The Balaban J connectivity index is 1.48. The number of carbonyl (C=O) groups excluding carboxylic acids is 7. The van der Waals surface area contributed by atoms with Gasteiger partial charge in [-0.1, -0.05) is 48.5 Å². The van der Waals surface area contributed by atoms with Crippen molar-refractivity contribution >= 4 is 64.2 Å². The Morgan fingerprint density at radius 3 is 2.13 bits per heavy atom. The molecule has 0 radical (unpaired) electrons. The number of hydrogen-bond acceptors (Lipinski definition) is 11. The molecule has 60 heavy (non-hydrogen) atoms. The van der Waals surface area contributed by atoms with Gasteiger partial charge in [-0.3, -0.25) is 38.4 Å². The smallest absolute Gasteiger partial charge is 0.326 e. The van der Waals surface area contributed by atoms with Crippen molar-refractivity contribution in [3.63, 3.8) is 0 Å². The molecule has 1 saturated heterocycles. The molecule has 2 heterocycles. The van der Waals surface area contributed by atoms with Gasteiger partial charge >= 0.3 is 11.9 Å². The van der Waals surface area contributed by atoms with E-state index in [1.54, 1.807) is 60.8 Å². The molecular weight excluding hydrogens is 786 g/mol. The van der Waals surface area contributed by atoms with Crippen LogP contribution in [0.5, 0.6) is 0 Å². The molecule has 1 aliphatic heterocycles. The molecule has 0 spiro atoms. The molecule has 7 amide bonds. The molecule has 1 aliphatic rings. The highest BCUT2D eigenvalue weighted by Crippen LogP contribution is 2.21. The third-order valence-electron chi connectivity index (χ3n) is 9.72. The van der Waals surface area contributed by atoms with E-state index in [0.717, 1.165) is 4.90 Å². The Labute approximate surface area is 343 Å². The van der Waals surface area contributed by atoms with E-state index in [1.165, 1.54) is 6.92 Å². The lowest BCUT2D eigenvalue weighted by atomic mass is 10.0. The maximum atomic E-state index is 13.7. The first-order valence-electron chi connectivity index (χ1n) is 19.0. The number of rotatable bonds is 21. The summed E-state index contributed by atoms with van der Waals surface area (Å²) in [7, 11) is 0. The predicted molar refractivity (Wildman–Crippen MR) is 211 cm³/mol. The lowest BCUT2D eigenvalue weighted by Gasteiger charge is -2.28. The number of H-pyrrole nitrogens is 1. The topological polar surface area (TPSA) is 346 Å². The lowest BCUT2D eigenvalue weighted by molar-refractivity contribution is -0.143. The van der Waals surface area contributed by atoms with Crippen LogP contribution in [0.3, 0.4) is 0 Å². The zero-order chi connectivity index (χ0) is 44.1. The van der Waals surface area contributed by atoms with E-state index in [1.807, 2.05) is 0 Å². The van der Waals surface area contributed by atoms with Crippen molar-refractivity contribution in [2.75, 3.05) is 13.1 Å². The average molecular weight is 836 g/mol. The number of aromatic nitrogens is 1. The number of aromatic amines is 1. The Morgan fingerprint density at radius 1 is 0.817 bits per heavy atom. The lowest BCUT2D eigenvalue weighted by Crippen LogP contribution is -2.59. The van der Waals surface area contributed by atoms with Gasteiger partial charge in [-0.05, 0) is 37.0 Å². The first-order chi connectivity index (χ1) is 28.4. The van der Waals surface area contributed by atoms with Gasteiger partial charge in [0.2, 0.25) is 41.4 Å². The summed E-state index contributed by atoms with van der Waals surface area (Å²) in [5.74, 6) is -9.31. The van der Waals surface area contributed by atoms with Crippen molar-refractivity contribution in [3.8, 4) is 0 Å². The summed E-state index contributed by atoms with van der Waals surface area (Å²) < 4.78 is 0. The molecule has 4 rings (SSSR count). The Bertz CT molecular complexity index is 2070. The van der Waals surface area contributed by atoms with Crippen LogP contribution in [-0.4, -0.2) is 134 Å². The number of aliphatic hydroxyl groups is 1. The van der Waals surface area contributed by atoms with Gasteiger partial charge in [-0.15, -0.1) is 0 Å². The molecule has 1 aromatic heterocycles. The summed E-state index contributed by atoms with van der Waals surface area (Å²) in [4.78, 5) is 119. The number of carboxylic acids is 2. The number of nitrogens with two attached hydrogens (primary N) is 2. The van der Waals surface area contributed by atoms with Gasteiger partial charge in [-0.2, -0.15) is 0 Å². The minimum absolute atomic E-state index is 0.0925. The van der Waals surface area contributed by atoms with Gasteiger partial charge in [0, 0.05) is 36.5 Å². The summed E-state index contributed by atoms with van der Waals surface area (Å²) in [5, 5.41) is 42.1. The minimum Gasteiger partial charge on any atom is -0.481 e. The number of amides is 7. The standard InChI is InChI=1S/C39H49N9O12/c1-20(49)33(37(57)46-28(39(59)60)14-21-8-3-2-4-9-21)47-31(51)19-43-34(54)26(15-22-18-42-25-11-6-5-10-23(22)25)44-35(55)27(17-32(52)53)45-36(56)29-12-7-13-48(29)38(58)24(40)16-30(41)50/h2-6,8-11,18,20,24,26-29,33,42,49H,7,12-17,19,40H2,1H3,(H2,41,50)(H,43,54)(H,44,55)(H,45,56)(H,46,57)(H,47,51)(H,52,53)(H,59,60)/t20-,24+,26+,27+,28+,29+,33+/m1/s1. The number of para-hydroxylation sites is 1. The van der Waals surface area contributed by atoms with Crippen molar-refractivity contribution in [1.82, 2.24) is 36.5 Å². The molecule has 322 valence electrons. The molecule has 0 bridgehead atoms. The van der Waals surface area contributed by atoms with Crippen LogP contribution >= 0.6 is 0 Å². The molecule has 0 saturated carbocycles. The van der Waals surface area contributed by atoms with Crippen LogP contribution in [0.15, 0.2) is 60.8 Å². The summed E-state index contributed by atoms with van der Waals surface area (Å²) in [6.45, 7) is 0.496. The van der Waals surface area contributed by atoms with Gasteiger partial charge in [0.25, 0.3) is 0 Å². The maximum Gasteiger partial charge on any atom is 0.326 e. The van der Waals surface area contributed by atoms with Gasteiger partial charge in [-0.25, -0.2) is 4.79 Å². The number of aliphatic hydroxyl groups excluding tert-OH is 1. The average Bonchev–Trinajstić information content (AvgIpc) is 3.85. The maximum absolute atomic E-state index is 13.7. The fourth-order valence-electron chi connectivity index (χ4n) is 6.71. The van der Waals surface area contributed by atoms with E-state index in [2.05, 4.69) is 31.6 Å². The number of fused-ring (bicyclic) bond motifs is 1. The number of carbonyl (C=O) groups is 9. The van der Waals surface area contributed by atoms with E-state index < -0.39 is 115 Å². The summed E-state index contributed by atoms with van der Waals surface area (Å²) in [6.07, 6.45) is -1.12. The highest BCUT2D eigenvalue weighted by Gasteiger charge is 2.39. The largest absolute Gasteiger partial charge is 0.481 e. The Morgan fingerprint density at radius 2 is 1.48 bits per heavy atom. The summed E-state index contributed by atoms with van der Waals surface area (Å²) >= 11 is 0. The second-order valence-electron chi connectivity index (χ2n) is 14.3. The van der Waals surface area contributed by atoms with Crippen LogP contribution in [-0.2, 0) is 56.0 Å². The Hall–Kier alpha value is -6.87. The summed E-state index contributed by atoms with van der Waals surface area (Å²) in [5.41, 5.74) is 12.8. The van der Waals surface area contributed by atoms with Crippen LogP contribution in [0.2, 0.25) is 0 Å². The predicted octanol–water partition coefficient (Wildman–Crippen LogP) is -2.86. The molecule has 21 nitrogen and oxygen atoms in total. The molecule has 0 aliphatic carbocycles. The number of aliphatic carboxylic acids is 2. The van der Waals surface area contributed by atoms with Gasteiger partial charge < -0.3 is 63.3 Å². The number of nitrogens with one attached hydrogen (secondary N) is 6. The molecule has 2 aromatic carbocycles. The van der Waals surface area contributed by atoms with E-state index in [-0.39, 0.29) is 25.8 Å². The van der Waals surface area contributed by atoms with Crippen LogP contribution in [0.25, 0.3) is 10.9 Å². The molecule has 21 heteroatoms. The van der Waals surface area contributed by atoms with Crippen molar-refractivity contribution in [2.45, 2.75) is 87.8 Å². The van der Waals surface area contributed by atoms with E-state index in [9.17, 15) is 58.5 Å². The molecule has 13 N–H and O–H groups in total. The third kappa shape index (κ3) is 12.8. The van der Waals surface area contributed by atoms with E-state index >= 15 is 0 Å². The fraction of sp³-hybridized carbons (Fsp3) is 0.410. The number of carboxylic acid groups (broad SMARTS) is 2. The molecule has 0 unspecified atom stereocenters. The van der Waals surface area contributed by atoms with Crippen molar-refractivity contribution in [3.05, 3.63) is 71.9 Å². The summed E-state index contributed by atoms with van der Waals surface area (Å²) in [6, 6.07) is 6.68. The second-order valence-corrected chi connectivity index (χ2v) is 14.3. The quantitative estimate of drug-likeness (QED) is 0.0515. The highest BCUT2D eigenvalue weighted by molar-refractivity contribution is 5.98. The highest BCUT2D eigenvalue weighted by atomic mass is 16.4. The number of likely N-dealkylation sites (tertiary alicyclic amines) is 1. The van der Waals surface area contributed by atoms with E-state index in [0.29, 0.717) is 28.5 Å². The zero-order valence-corrected chi connectivity index (χ0v) is 32.6. The van der Waals surface area contributed by atoms with Crippen LogP contribution < -0.4 is 38.1 Å². The van der Waals surface area contributed by atoms with Crippen molar-refractivity contribution in [1.29, 1.82) is 0 Å². The number of primary amides is 1. The third-order valence-corrected chi connectivity index (χ3v) is 9.72.